The Morgan fingerprint density at radius 2 is 1.72 bits per heavy atom. The molecule has 4 rings (SSSR count). The van der Waals surface area contributed by atoms with Crippen molar-refractivity contribution in [3.8, 4) is 11.5 Å². The quantitative estimate of drug-likeness (QED) is 0.617. The van der Waals surface area contributed by atoms with Gasteiger partial charge in [-0.15, -0.1) is 11.8 Å². The molecular weight excluding hydrogens is 460 g/mol. The lowest BCUT2D eigenvalue weighted by Gasteiger charge is -2.40. The first kappa shape index (κ1) is 21.0. The summed E-state index contributed by atoms with van der Waals surface area (Å²) in [7, 11) is 0. The van der Waals surface area contributed by atoms with Crippen LogP contribution in [0.25, 0.3) is 0 Å². The van der Waals surface area contributed by atoms with Crippen LogP contribution in [-0.2, 0) is 11.2 Å². The van der Waals surface area contributed by atoms with E-state index < -0.39 is 29.9 Å². The second kappa shape index (κ2) is 8.83. The van der Waals surface area contributed by atoms with E-state index in [4.69, 9.17) is 14.2 Å². The highest BCUT2D eigenvalue weighted by atomic mass is 79.9. The van der Waals surface area contributed by atoms with Crippen LogP contribution in [0.3, 0.4) is 0 Å². The Morgan fingerprint density at radius 3 is 2.48 bits per heavy atom. The summed E-state index contributed by atoms with van der Waals surface area (Å²) >= 11 is 4.90. The maximum atomic E-state index is 10.5. The topological polar surface area (TPSA) is 88.4 Å². The van der Waals surface area contributed by atoms with E-state index in [1.54, 1.807) is 6.26 Å². The fourth-order valence-corrected chi connectivity index (χ4v) is 4.70. The molecule has 8 heteroatoms. The largest absolute Gasteiger partial charge is 0.486 e. The number of halogens is 1. The maximum absolute atomic E-state index is 10.5. The Balaban J connectivity index is 1.59. The van der Waals surface area contributed by atoms with Gasteiger partial charge in [0.2, 0.25) is 0 Å². The fourth-order valence-electron chi connectivity index (χ4n) is 3.64. The van der Waals surface area contributed by atoms with Gasteiger partial charge in [-0.2, -0.15) is 0 Å². The number of aliphatic hydroxyl groups excluding tert-OH is 3. The number of fused-ring (bicyclic) bond motifs is 1. The van der Waals surface area contributed by atoms with Crippen molar-refractivity contribution in [2.75, 3.05) is 19.5 Å². The molecule has 2 aromatic rings. The van der Waals surface area contributed by atoms with E-state index in [1.165, 1.54) is 11.8 Å². The van der Waals surface area contributed by atoms with E-state index in [2.05, 4.69) is 15.9 Å². The Bertz CT molecular complexity index is 876. The van der Waals surface area contributed by atoms with Gasteiger partial charge in [-0.05, 0) is 47.6 Å². The smallest absolute Gasteiger partial charge is 0.161 e. The Morgan fingerprint density at radius 1 is 0.966 bits per heavy atom. The van der Waals surface area contributed by atoms with Crippen molar-refractivity contribution < 1.29 is 29.5 Å². The monoisotopic (exact) mass is 482 g/mol. The minimum Gasteiger partial charge on any atom is -0.486 e. The molecule has 1 saturated heterocycles. The minimum absolute atomic E-state index is 0.539. The highest BCUT2D eigenvalue weighted by molar-refractivity contribution is 9.10. The summed E-state index contributed by atoms with van der Waals surface area (Å²) in [6.45, 7) is 1.10. The molecule has 3 N–H and O–H groups in total. The molecular formula is C21H23BrO6S. The Labute approximate surface area is 181 Å². The summed E-state index contributed by atoms with van der Waals surface area (Å²) in [5, 5.41) is 30.8. The van der Waals surface area contributed by atoms with Gasteiger partial charge in [-0.3, -0.25) is 0 Å². The van der Waals surface area contributed by atoms with Gasteiger partial charge in [0.1, 0.15) is 43.1 Å². The summed E-state index contributed by atoms with van der Waals surface area (Å²) in [6, 6.07) is 11.6. The molecule has 2 aliphatic heterocycles. The van der Waals surface area contributed by atoms with Crippen LogP contribution in [-0.4, -0.2) is 58.5 Å². The van der Waals surface area contributed by atoms with Crippen LogP contribution in [0.4, 0.5) is 0 Å². The Kier molecular flexibility index (Phi) is 6.38. The predicted molar refractivity (Wildman–Crippen MR) is 114 cm³/mol. The van der Waals surface area contributed by atoms with Crippen LogP contribution in [0.1, 0.15) is 22.8 Å². The lowest BCUT2D eigenvalue weighted by atomic mass is 9.92. The fraction of sp³-hybridized carbons (Fsp3) is 0.429. The van der Waals surface area contributed by atoms with E-state index in [1.807, 2.05) is 36.4 Å². The molecule has 2 aromatic carbocycles. The molecule has 0 amide bonds. The molecule has 0 aliphatic carbocycles. The van der Waals surface area contributed by atoms with Crippen LogP contribution in [0.2, 0.25) is 0 Å². The lowest BCUT2D eigenvalue weighted by Crippen LogP contribution is -2.52. The molecule has 2 aliphatic rings. The summed E-state index contributed by atoms with van der Waals surface area (Å²) in [6.07, 6.45) is -1.90. The molecule has 1 fully saturated rings. The van der Waals surface area contributed by atoms with Gasteiger partial charge in [-0.25, -0.2) is 0 Å². The van der Waals surface area contributed by atoms with Gasteiger partial charge in [-0.1, -0.05) is 34.1 Å². The summed E-state index contributed by atoms with van der Waals surface area (Å²) < 4.78 is 18.1. The number of hydrogen-bond donors (Lipinski definition) is 3. The van der Waals surface area contributed by atoms with E-state index >= 15 is 0 Å². The first-order valence-corrected chi connectivity index (χ1v) is 11.5. The molecule has 5 atom stereocenters. The molecule has 2 heterocycles. The zero-order valence-corrected chi connectivity index (χ0v) is 18.2. The number of thioether (sulfide) groups is 1. The van der Waals surface area contributed by atoms with Crippen molar-refractivity contribution in [1.82, 2.24) is 0 Å². The van der Waals surface area contributed by atoms with Crippen LogP contribution < -0.4 is 9.47 Å². The van der Waals surface area contributed by atoms with Crippen molar-refractivity contribution >= 4 is 27.7 Å². The van der Waals surface area contributed by atoms with E-state index in [9.17, 15) is 15.3 Å². The molecule has 0 bridgehead atoms. The summed E-state index contributed by atoms with van der Waals surface area (Å²) in [4.78, 5) is 0. The second-order valence-corrected chi connectivity index (χ2v) is 8.93. The lowest BCUT2D eigenvalue weighted by molar-refractivity contribution is -0.200. The molecule has 0 aromatic heterocycles. The summed E-state index contributed by atoms with van der Waals surface area (Å²) in [5.41, 5.74) is 2.22. The SMILES string of the molecule is CS[C@H]1O[C@@H](c2ccc(Br)c(Cc3ccc4c(c3)OCCO4)c2)[C@H](O)[C@@H](O)[C@@H]1O. The molecule has 0 unspecified atom stereocenters. The van der Waals surface area contributed by atoms with E-state index in [-0.39, 0.29) is 0 Å². The second-order valence-electron chi connectivity index (χ2n) is 7.14. The molecule has 0 radical (unpaired) electrons. The Hall–Kier alpha value is -1.29. The molecule has 0 saturated carbocycles. The van der Waals surface area contributed by atoms with Crippen LogP contribution in [0.15, 0.2) is 40.9 Å². The van der Waals surface area contributed by atoms with Gasteiger partial charge in [0.25, 0.3) is 0 Å². The van der Waals surface area contributed by atoms with Crippen LogP contribution in [0, 0.1) is 0 Å². The third-order valence-electron chi connectivity index (χ3n) is 5.20. The average molecular weight is 483 g/mol. The minimum atomic E-state index is -1.27. The van der Waals surface area contributed by atoms with Crippen LogP contribution in [0.5, 0.6) is 11.5 Å². The number of hydrogen-bond acceptors (Lipinski definition) is 7. The zero-order valence-electron chi connectivity index (χ0n) is 15.8. The first-order chi connectivity index (χ1) is 14.0. The standard InChI is InChI=1S/C21H23BrO6S/c1-29-21-19(25)17(23)18(24)20(28-21)12-3-4-14(22)13(10-12)8-11-2-5-15-16(9-11)27-7-6-26-15/h2-5,9-10,17-21,23-25H,6-8H2,1H3/t17-,18-,19+,20+,21-/m1/s1. The first-order valence-electron chi connectivity index (χ1n) is 9.37. The third-order valence-corrected chi connectivity index (χ3v) is 6.83. The van der Waals surface area contributed by atoms with Gasteiger partial charge < -0.3 is 29.5 Å². The van der Waals surface area contributed by atoms with Crippen molar-refractivity contribution in [3.05, 3.63) is 57.6 Å². The number of aliphatic hydroxyl groups is 3. The van der Waals surface area contributed by atoms with E-state index in [0.717, 1.165) is 32.7 Å². The molecule has 156 valence electrons. The predicted octanol–water partition coefficient (Wildman–Crippen LogP) is 2.65. The summed E-state index contributed by atoms with van der Waals surface area (Å²) in [5.74, 6) is 1.49. The normalized spacial score (nSPS) is 28.9. The molecule has 29 heavy (non-hydrogen) atoms. The van der Waals surface area contributed by atoms with Gasteiger partial charge in [0.15, 0.2) is 11.5 Å². The van der Waals surface area contributed by atoms with Crippen molar-refractivity contribution in [2.45, 2.75) is 36.3 Å². The highest BCUT2D eigenvalue weighted by Gasteiger charge is 2.44. The number of ether oxygens (including phenoxy) is 3. The highest BCUT2D eigenvalue weighted by Crippen LogP contribution is 2.37. The third kappa shape index (κ3) is 4.28. The van der Waals surface area contributed by atoms with Crippen molar-refractivity contribution in [2.24, 2.45) is 0 Å². The number of rotatable bonds is 4. The maximum Gasteiger partial charge on any atom is 0.161 e. The van der Waals surface area contributed by atoms with Crippen LogP contribution >= 0.6 is 27.7 Å². The van der Waals surface area contributed by atoms with Gasteiger partial charge >= 0.3 is 0 Å². The van der Waals surface area contributed by atoms with E-state index in [0.29, 0.717) is 19.6 Å². The average Bonchev–Trinajstić information content (AvgIpc) is 2.74. The van der Waals surface area contributed by atoms with Crippen molar-refractivity contribution in [1.29, 1.82) is 0 Å². The number of benzene rings is 2. The molecule has 6 nitrogen and oxygen atoms in total. The zero-order chi connectivity index (χ0) is 20.5. The van der Waals surface area contributed by atoms with Gasteiger partial charge in [0.05, 0.1) is 0 Å². The van der Waals surface area contributed by atoms with Gasteiger partial charge in [0, 0.05) is 4.47 Å². The molecule has 0 spiro atoms. The van der Waals surface area contributed by atoms with Crippen molar-refractivity contribution in [3.63, 3.8) is 0 Å².